The van der Waals surface area contributed by atoms with Crippen molar-refractivity contribution in [2.75, 3.05) is 5.73 Å². The third-order valence-corrected chi connectivity index (χ3v) is 3.06. The lowest BCUT2D eigenvalue weighted by Crippen LogP contribution is -1.86. The highest BCUT2D eigenvalue weighted by atomic mass is 16.3. The molecule has 0 aliphatic rings. The molecule has 0 bridgehead atoms. The van der Waals surface area contributed by atoms with Crippen LogP contribution in [0.2, 0.25) is 0 Å². The zero-order valence-corrected chi connectivity index (χ0v) is 10.6. The summed E-state index contributed by atoms with van der Waals surface area (Å²) in [6.45, 7) is 2.06. The second kappa shape index (κ2) is 4.61. The van der Waals surface area contributed by atoms with Crippen molar-refractivity contribution < 1.29 is 4.42 Å². The Morgan fingerprint density at radius 3 is 2.68 bits per heavy atom. The number of aryl methyl sites for hydroxylation is 1. The van der Waals surface area contributed by atoms with Gasteiger partial charge in [-0.25, -0.2) is 4.98 Å². The minimum Gasteiger partial charge on any atom is -0.444 e. The fraction of sp³-hybridized carbons (Fsp3) is 0.0625. The lowest BCUT2D eigenvalue weighted by atomic mass is 10.1. The van der Waals surface area contributed by atoms with E-state index in [1.54, 1.807) is 6.26 Å². The molecule has 0 radical (unpaired) electrons. The van der Waals surface area contributed by atoms with E-state index in [-0.39, 0.29) is 0 Å². The molecular formula is C16H14N2O. The molecule has 94 valence electrons. The fourth-order valence-electron chi connectivity index (χ4n) is 2.06. The quantitative estimate of drug-likeness (QED) is 0.702. The zero-order chi connectivity index (χ0) is 13.2. The van der Waals surface area contributed by atoms with Crippen LogP contribution in [0.1, 0.15) is 5.56 Å². The van der Waals surface area contributed by atoms with Crippen LogP contribution < -0.4 is 5.73 Å². The van der Waals surface area contributed by atoms with E-state index in [9.17, 15) is 0 Å². The van der Waals surface area contributed by atoms with Gasteiger partial charge < -0.3 is 10.2 Å². The van der Waals surface area contributed by atoms with Crippen molar-refractivity contribution in [1.82, 2.24) is 4.98 Å². The first-order valence-corrected chi connectivity index (χ1v) is 6.11. The standard InChI is InChI=1S/C16H14N2O/c1-11-5-2-3-8-14(11)15-10-19-16(18-15)12-6-4-7-13(17)9-12/h2-10H,17H2,1H3. The summed E-state index contributed by atoms with van der Waals surface area (Å²) in [5.41, 5.74) is 10.5. The highest BCUT2D eigenvalue weighted by Gasteiger charge is 2.09. The van der Waals surface area contributed by atoms with Crippen LogP contribution in [-0.2, 0) is 0 Å². The van der Waals surface area contributed by atoms with E-state index in [0.29, 0.717) is 11.6 Å². The van der Waals surface area contributed by atoms with Crippen LogP contribution in [0.25, 0.3) is 22.7 Å². The van der Waals surface area contributed by atoms with Gasteiger partial charge in [0, 0.05) is 16.8 Å². The van der Waals surface area contributed by atoms with E-state index in [1.165, 1.54) is 5.56 Å². The van der Waals surface area contributed by atoms with Gasteiger partial charge in [-0.1, -0.05) is 30.3 Å². The van der Waals surface area contributed by atoms with Crippen molar-refractivity contribution in [2.45, 2.75) is 6.92 Å². The summed E-state index contributed by atoms with van der Waals surface area (Å²) in [5.74, 6) is 0.588. The number of aromatic nitrogens is 1. The Kier molecular flexibility index (Phi) is 2.80. The molecule has 2 aromatic carbocycles. The molecule has 0 aliphatic heterocycles. The van der Waals surface area contributed by atoms with Crippen LogP contribution in [0.3, 0.4) is 0 Å². The van der Waals surface area contributed by atoms with E-state index in [4.69, 9.17) is 10.2 Å². The maximum Gasteiger partial charge on any atom is 0.226 e. The Morgan fingerprint density at radius 2 is 1.89 bits per heavy atom. The Morgan fingerprint density at radius 1 is 1.05 bits per heavy atom. The second-order valence-electron chi connectivity index (χ2n) is 4.48. The third kappa shape index (κ3) is 2.22. The monoisotopic (exact) mass is 250 g/mol. The number of hydrogen-bond acceptors (Lipinski definition) is 3. The molecular weight excluding hydrogens is 236 g/mol. The van der Waals surface area contributed by atoms with Crippen LogP contribution in [0.5, 0.6) is 0 Å². The molecule has 0 saturated carbocycles. The summed E-state index contributed by atoms with van der Waals surface area (Å²) in [7, 11) is 0. The van der Waals surface area contributed by atoms with Crippen LogP contribution >= 0.6 is 0 Å². The van der Waals surface area contributed by atoms with Gasteiger partial charge in [-0.3, -0.25) is 0 Å². The number of nitrogen functional groups attached to an aromatic ring is 1. The largest absolute Gasteiger partial charge is 0.444 e. The number of nitrogens with two attached hydrogens (primary N) is 1. The SMILES string of the molecule is Cc1ccccc1-c1coc(-c2cccc(N)c2)n1. The predicted molar refractivity (Wildman–Crippen MR) is 76.5 cm³/mol. The molecule has 3 heteroatoms. The van der Waals surface area contributed by atoms with Gasteiger partial charge in [-0.15, -0.1) is 0 Å². The molecule has 0 fully saturated rings. The minimum absolute atomic E-state index is 0.588. The maximum atomic E-state index is 5.77. The maximum absolute atomic E-state index is 5.77. The molecule has 0 aliphatic carbocycles. The third-order valence-electron chi connectivity index (χ3n) is 3.06. The van der Waals surface area contributed by atoms with Crippen molar-refractivity contribution >= 4 is 5.69 Å². The van der Waals surface area contributed by atoms with Crippen LogP contribution in [0.4, 0.5) is 5.69 Å². The molecule has 3 rings (SSSR count). The number of benzene rings is 2. The summed E-state index contributed by atoms with van der Waals surface area (Å²) in [6, 6.07) is 15.6. The summed E-state index contributed by atoms with van der Waals surface area (Å²) in [5, 5.41) is 0. The van der Waals surface area contributed by atoms with Crippen molar-refractivity contribution in [3.8, 4) is 22.7 Å². The van der Waals surface area contributed by atoms with Gasteiger partial charge in [0.1, 0.15) is 12.0 Å². The van der Waals surface area contributed by atoms with E-state index < -0.39 is 0 Å². The summed E-state index contributed by atoms with van der Waals surface area (Å²) in [4.78, 5) is 4.53. The van der Waals surface area contributed by atoms with Crippen molar-refractivity contribution in [3.05, 3.63) is 60.4 Å². The van der Waals surface area contributed by atoms with Crippen molar-refractivity contribution in [3.63, 3.8) is 0 Å². The Labute approximate surface area is 111 Å². The second-order valence-corrected chi connectivity index (χ2v) is 4.48. The number of rotatable bonds is 2. The van der Waals surface area contributed by atoms with Crippen LogP contribution in [0, 0.1) is 6.92 Å². The van der Waals surface area contributed by atoms with Crippen molar-refractivity contribution in [1.29, 1.82) is 0 Å². The molecule has 1 aromatic heterocycles. The molecule has 0 spiro atoms. The number of hydrogen-bond donors (Lipinski definition) is 1. The van der Waals surface area contributed by atoms with Gasteiger partial charge in [-0.2, -0.15) is 0 Å². The first-order chi connectivity index (χ1) is 9.24. The smallest absolute Gasteiger partial charge is 0.226 e. The van der Waals surface area contributed by atoms with Gasteiger partial charge >= 0.3 is 0 Å². The first kappa shape index (κ1) is 11.5. The predicted octanol–water partition coefficient (Wildman–Crippen LogP) is 3.90. The van der Waals surface area contributed by atoms with Gasteiger partial charge in [0.15, 0.2) is 0 Å². The van der Waals surface area contributed by atoms with Crippen LogP contribution in [-0.4, -0.2) is 4.98 Å². The van der Waals surface area contributed by atoms with E-state index in [2.05, 4.69) is 18.0 Å². The van der Waals surface area contributed by atoms with Crippen LogP contribution in [0.15, 0.2) is 59.2 Å². The molecule has 19 heavy (non-hydrogen) atoms. The number of anilines is 1. The van der Waals surface area contributed by atoms with Gasteiger partial charge in [-0.05, 0) is 30.7 Å². The normalized spacial score (nSPS) is 10.6. The molecule has 0 atom stereocenters. The topological polar surface area (TPSA) is 52.0 Å². The van der Waals surface area contributed by atoms with Gasteiger partial charge in [0.25, 0.3) is 0 Å². The highest BCUT2D eigenvalue weighted by Crippen LogP contribution is 2.27. The number of nitrogens with zero attached hydrogens (tertiary/aromatic N) is 1. The fourth-order valence-corrected chi connectivity index (χ4v) is 2.06. The zero-order valence-electron chi connectivity index (χ0n) is 10.6. The highest BCUT2D eigenvalue weighted by molar-refractivity contribution is 5.66. The van der Waals surface area contributed by atoms with Gasteiger partial charge in [0.05, 0.1) is 0 Å². The lowest BCUT2D eigenvalue weighted by molar-refractivity contribution is 0.575. The first-order valence-electron chi connectivity index (χ1n) is 6.11. The Hall–Kier alpha value is -2.55. The summed E-state index contributed by atoms with van der Waals surface area (Å²) < 4.78 is 5.55. The molecule has 0 amide bonds. The average molecular weight is 250 g/mol. The number of oxazole rings is 1. The summed E-state index contributed by atoms with van der Waals surface area (Å²) >= 11 is 0. The van der Waals surface area contributed by atoms with Gasteiger partial charge in [0.2, 0.25) is 5.89 Å². The van der Waals surface area contributed by atoms with E-state index in [0.717, 1.165) is 16.8 Å². The molecule has 3 aromatic rings. The summed E-state index contributed by atoms with van der Waals surface area (Å²) in [6.07, 6.45) is 1.68. The molecule has 3 nitrogen and oxygen atoms in total. The molecule has 0 unspecified atom stereocenters. The van der Waals surface area contributed by atoms with Crippen molar-refractivity contribution in [2.24, 2.45) is 0 Å². The van der Waals surface area contributed by atoms with E-state index in [1.807, 2.05) is 42.5 Å². The lowest BCUT2D eigenvalue weighted by Gasteiger charge is -2.00. The van der Waals surface area contributed by atoms with E-state index >= 15 is 0 Å². The molecule has 0 saturated heterocycles. The average Bonchev–Trinajstić information content (AvgIpc) is 2.89. The molecule has 1 heterocycles. The minimum atomic E-state index is 0.588. The Bertz CT molecular complexity index is 716. The Balaban J connectivity index is 2.03. The molecule has 2 N–H and O–H groups in total.